The molecular weight excluding hydrogens is 285 g/mol. The smallest absolute Gasteiger partial charge is 0.255 e. The first kappa shape index (κ1) is 15.2. The number of aryl methyl sites for hydroxylation is 1. The first-order chi connectivity index (χ1) is 9.43. The Morgan fingerprint density at radius 2 is 2.30 bits per heavy atom. The molecule has 0 aromatic heterocycles. The van der Waals surface area contributed by atoms with Gasteiger partial charge in [0.1, 0.15) is 5.82 Å². The number of halogens is 2. The van der Waals surface area contributed by atoms with E-state index >= 15 is 0 Å². The van der Waals surface area contributed by atoms with Gasteiger partial charge in [-0.1, -0.05) is 11.6 Å². The molecule has 0 radical (unpaired) electrons. The lowest BCUT2D eigenvalue weighted by Gasteiger charge is -2.37. The van der Waals surface area contributed by atoms with E-state index < -0.39 is 11.9 Å². The Labute approximate surface area is 122 Å². The molecule has 1 aliphatic rings. The number of amides is 1. The van der Waals surface area contributed by atoms with E-state index in [9.17, 15) is 9.18 Å². The van der Waals surface area contributed by atoms with E-state index in [4.69, 9.17) is 21.4 Å². The van der Waals surface area contributed by atoms with Gasteiger partial charge in [0.25, 0.3) is 5.91 Å². The Morgan fingerprint density at radius 1 is 1.60 bits per heavy atom. The van der Waals surface area contributed by atoms with E-state index in [0.29, 0.717) is 18.7 Å². The first-order valence-electron chi connectivity index (χ1n) is 6.43. The maximum Gasteiger partial charge on any atom is 0.255 e. The van der Waals surface area contributed by atoms with E-state index in [2.05, 4.69) is 0 Å². The predicted molar refractivity (Wildman–Crippen MR) is 73.5 cm³/mol. The van der Waals surface area contributed by atoms with Crippen molar-refractivity contribution in [3.05, 3.63) is 34.1 Å². The van der Waals surface area contributed by atoms with Gasteiger partial charge in [0.15, 0.2) is 0 Å². The van der Waals surface area contributed by atoms with Gasteiger partial charge >= 0.3 is 0 Å². The molecule has 2 atom stereocenters. The van der Waals surface area contributed by atoms with E-state index in [1.165, 1.54) is 6.07 Å². The molecule has 1 aromatic rings. The minimum absolute atomic E-state index is 0.0948. The highest BCUT2D eigenvalue weighted by molar-refractivity contribution is 6.33. The summed E-state index contributed by atoms with van der Waals surface area (Å²) >= 11 is 5.97. The van der Waals surface area contributed by atoms with Crippen molar-refractivity contribution in [1.82, 2.24) is 4.90 Å². The predicted octanol–water partition coefficient (Wildman–Crippen LogP) is 2.01. The van der Waals surface area contributed by atoms with Crippen LogP contribution in [0.15, 0.2) is 12.1 Å². The molecule has 0 spiro atoms. The maximum atomic E-state index is 13.4. The molecule has 0 unspecified atom stereocenters. The molecule has 1 amide bonds. The summed E-state index contributed by atoms with van der Waals surface area (Å²) in [5, 5.41) is 9.24. The zero-order valence-electron chi connectivity index (χ0n) is 11.4. The van der Waals surface area contributed by atoms with Crippen LogP contribution in [0.1, 0.15) is 22.8 Å². The minimum atomic E-state index is -0.435. The van der Waals surface area contributed by atoms with E-state index in [-0.39, 0.29) is 29.1 Å². The first-order valence-corrected chi connectivity index (χ1v) is 6.81. The van der Waals surface area contributed by atoms with Crippen molar-refractivity contribution in [2.75, 3.05) is 19.8 Å². The van der Waals surface area contributed by atoms with Gasteiger partial charge in [-0.25, -0.2) is 4.39 Å². The molecule has 20 heavy (non-hydrogen) atoms. The third kappa shape index (κ3) is 2.95. The van der Waals surface area contributed by atoms with Crippen LogP contribution in [0.3, 0.4) is 0 Å². The maximum absolute atomic E-state index is 13.4. The number of hydrogen-bond donors (Lipinski definition) is 1. The van der Waals surface area contributed by atoms with Crippen molar-refractivity contribution >= 4 is 17.5 Å². The summed E-state index contributed by atoms with van der Waals surface area (Å²) < 4.78 is 18.8. The molecule has 110 valence electrons. The second kappa shape index (κ2) is 6.08. The third-order valence-corrected chi connectivity index (χ3v) is 3.76. The molecule has 1 heterocycles. The fraction of sp³-hybridized carbons (Fsp3) is 0.500. The van der Waals surface area contributed by atoms with Crippen LogP contribution >= 0.6 is 11.6 Å². The average molecular weight is 302 g/mol. The van der Waals surface area contributed by atoms with Gasteiger partial charge in [-0.3, -0.25) is 4.79 Å². The molecule has 0 aliphatic carbocycles. The lowest BCUT2D eigenvalue weighted by molar-refractivity contribution is -0.0667. The van der Waals surface area contributed by atoms with Crippen molar-refractivity contribution in [2.24, 2.45) is 0 Å². The van der Waals surface area contributed by atoms with Gasteiger partial charge in [0.2, 0.25) is 0 Å². The van der Waals surface area contributed by atoms with Crippen LogP contribution in [0.25, 0.3) is 0 Å². The molecule has 0 bridgehead atoms. The fourth-order valence-corrected chi connectivity index (χ4v) is 2.42. The molecule has 6 heteroatoms. The monoisotopic (exact) mass is 301 g/mol. The van der Waals surface area contributed by atoms with Crippen molar-refractivity contribution in [2.45, 2.75) is 26.0 Å². The highest BCUT2D eigenvalue weighted by atomic mass is 35.5. The number of carbonyl (C=O) groups is 1. The van der Waals surface area contributed by atoms with Gasteiger partial charge in [-0.05, 0) is 31.5 Å². The second-order valence-corrected chi connectivity index (χ2v) is 5.43. The lowest BCUT2D eigenvalue weighted by Crippen LogP contribution is -2.52. The minimum Gasteiger partial charge on any atom is -0.394 e. The molecule has 4 nitrogen and oxygen atoms in total. The van der Waals surface area contributed by atoms with E-state index in [0.717, 1.165) is 6.07 Å². The van der Waals surface area contributed by atoms with Crippen LogP contribution in [-0.2, 0) is 4.74 Å². The molecular formula is C14H17ClFNO3. The number of morpholine rings is 1. The van der Waals surface area contributed by atoms with Crippen molar-refractivity contribution in [3.8, 4) is 0 Å². The number of aliphatic hydroxyl groups excluding tert-OH is 1. The molecule has 1 fully saturated rings. The Kier molecular flexibility index (Phi) is 4.62. The highest BCUT2D eigenvalue weighted by Crippen LogP contribution is 2.24. The third-order valence-electron chi connectivity index (χ3n) is 3.45. The molecule has 1 aliphatic heterocycles. The largest absolute Gasteiger partial charge is 0.394 e. The number of carbonyl (C=O) groups excluding carboxylic acids is 1. The van der Waals surface area contributed by atoms with Crippen LogP contribution in [0.5, 0.6) is 0 Å². The number of aliphatic hydroxyl groups is 1. The zero-order valence-corrected chi connectivity index (χ0v) is 12.2. The molecule has 1 aromatic carbocycles. The Hall–Kier alpha value is -1.17. The zero-order chi connectivity index (χ0) is 14.9. The van der Waals surface area contributed by atoms with Gasteiger partial charge in [-0.2, -0.15) is 0 Å². The number of benzene rings is 1. The van der Waals surface area contributed by atoms with Crippen LogP contribution in [-0.4, -0.2) is 47.8 Å². The number of ether oxygens (including phenoxy) is 1. The fourth-order valence-electron chi connectivity index (χ4n) is 2.19. The average Bonchev–Trinajstić information content (AvgIpc) is 2.42. The number of rotatable bonds is 2. The summed E-state index contributed by atoms with van der Waals surface area (Å²) in [7, 11) is 0. The summed E-state index contributed by atoms with van der Waals surface area (Å²) in [5.74, 6) is -0.706. The summed E-state index contributed by atoms with van der Waals surface area (Å²) in [4.78, 5) is 14.1. The standard InChI is InChI=1S/C14H17ClFNO3/c1-8-3-11(12(15)4-13(8)16)14(19)17-5-10(6-18)20-7-9(17)2/h3-4,9-10,18H,5-7H2,1-2H3/t9-,10-/m0/s1. The van der Waals surface area contributed by atoms with Crippen LogP contribution < -0.4 is 0 Å². The molecule has 0 saturated carbocycles. The van der Waals surface area contributed by atoms with Gasteiger partial charge in [-0.15, -0.1) is 0 Å². The van der Waals surface area contributed by atoms with Gasteiger partial charge < -0.3 is 14.7 Å². The van der Waals surface area contributed by atoms with Crippen LogP contribution in [0.4, 0.5) is 4.39 Å². The van der Waals surface area contributed by atoms with E-state index in [1.807, 2.05) is 6.92 Å². The second-order valence-electron chi connectivity index (χ2n) is 5.03. The Balaban J connectivity index is 2.28. The topological polar surface area (TPSA) is 49.8 Å². The Bertz CT molecular complexity index is 523. The van der Waals surface area contributed by atoms with Gasteiger partial charge in [0.05, 0.1) is 35.9 Å². The van der Waals surface area contributed by atoms with Gasteiger partial charge in [0, 0.05) is 6.54 Å². The van der Waals surface area contributed by atoms with E-state index in [1.54, 1.807) is 11.8 Å². The summed E-state index contributed by atoms with van der Waals surface area (Å²) in [5.41, 5.74) is 0.647. The Morgan fingerprint density at radius 3 is 2.95 bits per heavy atom. The number of hydrogen-bond acceptors (Lipinski definition) is 3. The van der Waals surface area contributed by atoms with Crippen LogP contribution in [0, 0.1) is 12.7 Å². The summed E-state index contributed by atoms with van der Waals surface area (Å²) in [6.45, 7) is 3.95. The lowest BCUT2D eigenvalue weighted by atomic mass is 10.1. The normalized spacial score (nSPS) is 22.9. The highest BCUT2D eigenvalue weighted by Gasteiger charge is 2.31. The van der Waals surface area contributed by atoms with Crippen molar-refractivity contribution in [1.29, 1.82) is 0 Å². The quantitative estimate of drug-likeness (QED) is 0.909. The van der Waals surface area contributed by atoms with Crippen molar-refractivity contribution in [3.63, 3.8) is 0 Å². The number of nitrogens with zero attached hydrogens (tertiary/aromatic N) is 1. The molecule has 1 saturated heterocycles. The van der Waals surface area contributed by atoms with Crippen molar-refractivity contribution < 1.29 is 19.0 Å². The molecule has 1 N–H and O–H groups in total. The van der Waals surface area contributed by atoms with Crippen LogP contribution in [0.2, 0.25) is 5.02 Å². The molecule has 2 rings (SSSR count). The SMILES string of the molecule is Cc1cc(C(=O)N2C[C@@H](CO)OC[C@@H]2C)c(Cl)cc1F. The summed E-state index contributed by atoms with van der Waals surface area (Å²) in [6, 6.07) is 2.49. The summed E-state index contributed by atoms with van der Waals surface area (Å²) in [6.07, 6.45) is -0.393.